The number of Topliss-reactive ketones (excluding diaryl/α,β-unsaturated/α-hetero) is 1. The molecule has 3 heteroatoms. The van der Waals surface area contributed by atoms with Crippen LogP contribution in [-0.4, -0.2) is 22.3 Å². The Bertz CT molecular complexity index is 675. The zero-order valence-corrected chi connectivity index (χ0v) is 18.1. The van der Waals surface area contributed by atoms with Gasteiger partial charge in [-0.15, -0.1) is 0 Å². The Morgan fingerprint density at radius 2 is 1.93 bits per heavy atom. The van der Waals surface area contributed by atoms with E-state index in [1.807, 2.05) is 45.2 Å². The van der Waals surface area contributed by atoms with Crippen LogP contribution < -0.4 is 5.32 Å². The number of carbonyl (C=O) groups excluding carboxylic acids is 1. The van der Waals surface area contributed by atoms with E-state index in [2.05, 4.69) is 44.2 Å². The molecule has 0 aromatic carbocycles. The summed E-state index contributed by atoms with van der Waals surface area (Å²) in [6.45, 7) is 20.2. The summed E-state index contributed by atoms with van der Waals surface area (Å²) >= 11 is 0. The van der Waals surface area contributed by atoms with Crippen molar-refractivity contribution in [3.05, 3.63) is 48.3 Å². The minimum absolute atomic E-state index is 0.0466. The van der Waals surface area contributed by atoms with Gasteiger partial charge in [-0.05, 0) is 37.8 Å². The maximum atomic E-state index is 13.2. The molecule has 0 amide bonds. The first-order chi connectivity index (χ1) is 12.6. The lowest BCUT2D eigenvalue weighted by Gasteiger charge is -2.36. The van der Waals surface area contributed by atoms with Gasteiger partial charge in [0.15, 0.2) is 5.78 Å². The predicted octanol–water partition coefficient (Wildman–Crippen LogP) is 5.94. The molecule has 2 atom stereocenters. The molecule has 0 aliphatic rings. The number of aromatic amines is 1. The van der Waals surface area contributed by atoms with Crippen LogP contribution in [0.2, 0.25) is 0 Å². The Morgan fingerprint density at radius 3 is 2.41 bits per heavy atom. The number of rotatable bonds is 11. The molecule has 0 aliphatic heterocycles. The normalized spacial score (nSPS) is 15.5. The lowest BCUT2D eigenvalue weighted by molar-refractivity contribution is -0.129. The van der Waals surface area contributed by atoms with Crippen molar-refractivity contribution >= 4 is 17.9 Å². The molecule has 0 bridgehead atoms. The van der Waals surface area contributed by atoms with Crippen molar-refractivity contribution < 1.29 is 4.79 Å². The lowest BCUT2D eigenvalue weighted by Crippen LogP contribution is -2.54. The molecule has 150 valence electrons. The molecule has 0 saturated carbocycles. The second kappa shape index (κ2) is 9.89. The van der Waals surface area contributed by atoms with Gasteiger partial charge in [0.2, 0.25) is 0 Å². The van der Waals surface area contributed by atoms with E-state index < -0.39 is 5.41 Å². The van der Waals surface area contributed by atoms with Crippen molar-refractivity contribution in [1.82, 2.24) is 10.3 Å². The van der Waals surface area contributed by atoms with Gasteiger partial charge in [-0.3, -0.25) is 4.79 Å². The maximum absolute atomic E-state index is 13.2. The third-order valence-corrected chi connectivity index (χ3v) is 5.23. The Morgan fingerprint density at radius 1 is 1.26 bits per heavy atom. The van der Waals surface area contributed by atoms with Gasteiger partial charge in [0.05, 0.1) is 6.04 Å². The average Bonchev–Trinajstić information content (AvgIpc) is 2.99. The van der Waals surface area contributed by atoms with E-state index in [0.717, 1.165) is 36.1 Å². The fourth-order valence-corrected chi connectivity index (χ4v) is 3.47. The first kappa shape index (κ1) is 23.2. The Balaban J connectivity index is 3.28. The highest BCUT2D eigenvalue weighted by Gasteiger charge is 2.34. The number of H-pyrrole nitrogens is 1. The number of hydrogen-bond acceptors (Lipinski definition) is 2. The molecule has 27 heavy (non-hydrogen) atoms. The van der Waals surface area contributed by atoms with Crippen molar-refractivity contribution in [3.63, 3.8) is 0 Å². The van der Waals surface area contributed by atoms with Gasteiger partial charge >= 0.3 is 0 Å². The van der Waals surface area contributed by atoms with Crippen LogP contribution in [0, 0.1) is 5.41 Å². The molecule has 1 aromatic rings. The molecule has 3 nitrogen and oxygen atoms in total. The van der Waals surface area contributed by atoms with E-state index in [9.17, 15) is 4.79 Å². The quantitative estimate of drug-likeness (QED) is 0.473. The zero-order chi connectivity index (χ0) is 20.7. The minimum atomic E-state index is -0.396. The van der Waals surface area contributed by atoms with Gasteiger partial charge in [-0.25, -0.2) is 0 Å². The molecular weight excluding hydrogens is 332 g/mol. The molecule has 0 radical (unpaired) electrons. The molecule has 1 rings (SSSR count). The summed E-state index contributed by atoms with van der Waals surface area (Å²) in [4.78, 5) is 16.5. The highest BCUT2D eigenvalue weighted by atomic mass is 16.1. The van der Waals surface area contributed by atoms with E-state index >= 15 is 0 Å². The SMILES string of the molecule is C=C/C=C\c1c(C[C@H](NC(C)(CC)CCC)C(=O)C(C)(C)C)c[nH]c1C=C. The lowest BCUT2D eigenvalue weighted by atomic mass is 9.82. The molecule has 1 unspecified atom stereocenters. The van der Waals surface area contributed by atoms with Crippen molar-refractivity contribution in [3.8, 4) is 0 Å². The summed E-state index contributed by atoms with van der Waals surface area (Å²) in [7, 11) is 0. The summed E-state index contributed by atoms with van der Waals surface area (Å²) in [6.07, 6.45) is 13.3. The smallest absolute Gasteiger partial charge is 0.155 e. The standard InChI is InChI=1S/C24H38N2O/c1-9-13-14-19-18(17-25-20(19)11-3)16-21(22(27)23(5,6)7)26-24(8,12-4)15-10-2/h9,11,13-14,17,21,25-26H,1,3,10,12,15-16H2,2,4-8H3/b14-13-/t21-,24?/m0/s1. The summed E-state index contributed by atoms with van der Waals surface area (Å²) in [6, 6.07) is -0.231. The third-order valence-electron chi connectivity index (χ3n) is 5.23. The predicted molar refractivity (Wildman–Crippen MR) is 119 cm³/mol. The van der Waals surface area contributed by atoms with Crippen LogP contribution in [0.15, 0.2) is 31.5 Å². The van der Waals surface area contributed by atoms with Crippen molar-refractivity contribution in [1.29, 1.82) is 0 Å². The second-order valence-corrected chi connectivity index (χ2v) is 8.62. The molecule has 0 aliphatic carbocycles. The summed E-state index contributed by atoms with van der Waals surface area (Å²) in [5, 5.41) is 3.71. The molecule has 1 heterocycles. The molecule has 0 spiro atoms. The van der Waals surface area contributed by atoms with Gasteiger partial charge in [0.25, 0.3) is 0 Å². The molecule has 2 N–H and O–H groups in total. The summed E-state index contributed by atoms with van der Waals surface area (Å²) < 4.78 is 0. The molecule has 0 fully saturated rings. The Labute approximate surface area is 166 Å². The first-order valence-corrected chi connectivity index (χ1v) is 10.1. The Kier molecular flexibility index (Phi) is 8.49. The number of allylic oxidation sites excluding steroid dienone is 2. The number of ketones is 1. The fraction of sp³-hybridized carbons (Fsp3) is 0.542. The molecule has 0 saturated heterocycles. The topological polar surface area (TPSA) is 44.9 Å². The van der Waals surface area contributed by atoms with Crippen LogP contribution in [0.3, 0.4) is 0 Å². The van der Waals surface area contributed by atoms with E-state index in [-0.39, 0.29) is 17.4 Å². The highest BCUT2D eigenvalue weighted by molar-refractivity contribution is 5.89. The van der Waals surface area contributed by atoms with E-state index in [1.54, 1.807) is 6.08 Å². The minimum Gasteiger partial charge on any atom is -0.361 e. The van der Waals surface area contributed by atoms with Crippen LogP contribution in [0.5, 0.6) is 0 Å². The fourth-order valence-electron chi connectivity index (χ4n) is 3.47. The Hall–Kier alpha value is -1.87. The zero-order valence-electron chi connectivity index (χ0n) is 18.1. The largest absolute Gasteiger partial charge is 0.361 e. The molecular formula is C24H38N2O. The van der Waals surface area contributed by atoms with Gasteiger partial charge in [0.1, 0.15) is 0 Å². The number of hydrogen-bond donors (Lipinski definition) is 2. The molecule has 1 aromatic heterocycles. The van der Waals surface area contributed by atoms with E-state index in [4.69, 9.17) is 0 Å². The summed E-state index contributed by atoms with van der Waals surface area (Å²) in [5.41, 5.74) is 2.72. The van der Waals surface area contributed by atoms with Gasteiger partial charge in [-0.1, -0.05) is 72.4 Å². The number of carbonyl (C=O) groups is 1. The number of nitrogens with one attached hydrogen (secondary N) is 2. The second-order valence-electron chi connectivity index (χ2n) is 8.62. The van der Waals surface area contributed by atoms with Crippen molar-refractivity contribution in [2.45, 2.75) is 78.8 Å². The van der Waals surface area contributed by atoms with E-state index in [1.165, 1.54) is 0 Å². The highest BCUT2D eigenvalue weighted by Crippen LogP contribution is 2.26. The maximum Gasteiger partial charge on any atom is 0.155 e. The number of aromatic nitrogens is 1. The van der Waals surface area contributed by atoms with Crippen molar-refractivity contribution in [2.75, 3.05) is 0 Å². The van der Waals surface area contributed by atoms with Gasteiger partial charge in [-0.2, -0.15) is 0 Å². The van der Waals surface area contributed by atoms with Crippen LogP contribution in [0.25, 0.3) is 12.2 Å². The monoisotopic (exact) mass is 370 g/mol. The van der Waals surface area contributed by atoms with Crippen LogP contribution in [0.4, 0.5) is 0 Å². The van der Waals surface area contributed by atoms with Crippen LogP contribution in [0.1, 0.15) is 77.6 Å². The van der Waals surface area contributed by atoms with Crippen LogP contribution >= 0.6 is 0 Å². The van der Waals surface area contributed by atoms with E-state index in [0.29, 0.717) is 6.42 Å². The average molecular weight is 371 g/mol. The first-order valence-electron chi connectivity index (χ1n) is 10.1. The third kappa shape index (κ3) is 6.35. The van der Waals surface area contributed by atoms with Crippen molar-refractivity contribution in [2.24, 2.45) is 5.41 Å². The van der Waals surface area contributed by atoms with Crippen LogP contribution in [-0.2, 0) is 11.2 Å². The summed E-state index contributed by atoms with van der Waals surface area (Å²) in [5.74, 6) is 0.248. The van der Waals surface area contributed by atoms with Gasteiger partial charge < -0.3 is 10.3 Å². The van der Waals surface area contributed by atoms with Gasteiger partial charge in [0, 0.05) is 28.4 Å².